The van der Waals surface area contributed by atoms with E-state index in [0.29, 0.717) is 5.92 Å². The normalized spacial score (nSPS) is 19.4. The van der Waals surface area contributed by atoms with Crippen LogP contribution in [0.25, 0.3) is 12.3 Å². The van der Waals surface area contributed by atoms with Crippen LogP contribution in [0.3, 0.4) is 0 Å². The number of aromatic nitrogens is 1. The number of fused-ring (bicyclic) bond motifs is 1. The summed E-state index contributed by atoms with van der Waals surface area (Å²) in [5, 5.41) is 2.38. The van der Waals surface area contributed by atoms with Gasteiger partial charge in [-0.2, -0.15) is 0 Å². The molecule has 0 radical (unpaired) electrons. The smallest absolute Gasteiger partial charge is 0.0827 e. The highest BCUT2D eigenvalue weighted by molar-refractivity contribution is 5.55. The minimum Gasteiger partial charge on any atom is -0.367 e. The lowest BCUT2D eigenvalue weighted by atomic mass is 9.82. The first-order valence-corrected chi connectivity index (χ1v) is 9.22. The Morgan fingerprint density at radius 3 is 2.56 bits per heavy atom. The minimum absolute atomic E-state index is 0.183. The third-order valence-corrected chi connectivity index (χ3v) is 5.57. The molecule has 1 atom stereocenters. The van der Waals surface area contributed by atoms with Crippen LogP contribution in [-0.2, 0) is 12.0 Å². The highest BCUT2D eigenvalue weighted by Gasteiger charge is 2.32. The molecule has 0 fully saturated rings. The van der Waals surface area contributed by atoms with Gasteiger partial charge in [-0.15, -0.1) is 0 Å². The zero-order valence-corrected chi connectivity index (χ0v) is 16.6. The number of pyridine rings is 1. The van der Waals surface area contributed by atoms with Gasteiger partial charge in [0, 0.05) is 24.7 Å². The molecule has 1 aromatic carbocycles. The summed E-state index contributed by atoms with van der Waals surface area (Å²) in [7, 11) is 2.18. The predicted octanol–water partition coefficient (Wildman–Crippen LogP) is 3.58. The van der Waals surface area contributed by atoms with E-state index in [4.69, 9.17) is 4.98 Å². The number of aryl methyl sites for hydroxylation is 2. The number of hydrogen-bond donors (Lipinski definition) is 0. The van der Waals surface area contributed by atoms with Crippen molar-refractivity contribution in [3.63, 3.8) is 0 Å². The van der Waals surface area contributed by atoms with Gasteiger partial charge in [0.1, 0.15) is 0 Å². The third-order valence-electron chi connectivity index (χ3n) is 5.57. The molecular weight excluding hydrogens is 304 g/mol. The van der Waals surface area contributed by atoms with Crippen LogP contribution in [0, 0.1) is 26.7 Å². The number of rotatable bonds is 3. The van der Waals surface area contributed by atoms with Gasteiger partial charge >= 0.3 is 0 Å². The van der Waals surface area contributed by atoms with Crippen molar-refractivity contribution < 1.29 is 0 Å². The summed E-state index contributed by atoms with van der Waals surface area (Å²) in [5.41, 5.74) is 6.61. The van der Waals surface area contributed by atoms with Crippen LogP contribution in [-0.4, -0.2) is 16.9 Å². The Morgan fingerprint density at radius 2 is 1.88 bits per heavy atom. The van der Waals surface area contributed by atoms with E-state index in [0.717, 1.165) is 11.8 Å². The van der Waals surface area contributed by atoms with Gasteiger partial charge in [-0.05, 0) is 74.4 Å². The Kier molecular flexibility index (Phi) is 4.49. The van der Waals surface area contributed by atoms with Gasteiger partial charge in [0.15, 0.2) is 0 Å². The van der Waals surface area contributed by atoms with Crippen molar-refractivity contribution in [3.05, 3.63) is 62.8 Å². The van der Waals surface area contributed by atoms with Crippen molar-refractivity contribution in [2.24, 2.45) is 5.92 Å². The predicted molar refractivity (Wildman–Crippen MR) is 107 cm³/mol. The maximum Gasteiger partial charge on any atom is 0.0827 e. The van der Waals surface area contributed by atoms with Gasteiger partial charge in [-0.25, -0.2) is 0 Å². The molecule has 1 aliphatic rings. The molecule has 1 unspecified atom stereocenters. The second-order valence-corrected chi connectivity index (χ2v) is 8.15. The third kappa shape index (κ3) is 3.10. The van der Waals surface area contributed by atoms with E-state index in [9.17, 15) is 0 Å². The molecule has 0 spiro atoms. The average Bonchev–Trinajstić information content (AvgIpc) is 2.52. The lowest BCUT2D eigenvalue weighted by molar-refractivity contribution is 0.308. The van der Waals surface area contributed by atoms with Gasteiger partial charge < -0.3 is 4.90 Å². The Balaban J connectivity index is 2.23. The van der Waals surface area contributed by atoms with Crippen LogP contribution in [0.1, 0.15) is 48.6 Å². The monoisotopic (exact) mass is 334 g/mol. The molecule has 0 bridgehead atoms. The zero-order valence-electron chi connectivity index (χ0n) is 16.6. The summed E-state index contributed by atoms with van der Waals surface area (Å²) in [6, 6.07) is 6.76. The lowest BCUT2D eigenvalue weighted by Crippen LogP contribution is -2.48. The molecule has 0 saturated heterocycles. The van der Waals surface area contributed by atoms with Crippen LogP contribution in [0.15, 0.2) is 24.4 Å². The van der Waals surface area contributed by atoms with Gasteiger partial charge in [0.2, 0.25) is 0 Å². The van der Waals surface area contributed by atoms with E-state index in [1.165, 1.54) is 33.0 Å². The highest BCUT2D eigenvalue weighted by atomic mass is 15.2. The fourth-order valence-corrected chi connectivity index (χ4v) is 3.94. The molecule has 0 amide bonds. The van der Waals surface area contributed by atoms with Gasteiger partial charge in [0.25, 0.3) is 0 Å². The zero-order chi connectivity index (χ0) is 18.4. The number of hydrogen-bond acceptors (Lipinski definition) is 2. The van der Waals surface area contributed by atoms with E-state index >= 15 is 0 Å². The summed E-state index contributed by atoms with van der Waals surface area (Å²) in [4.78, 5) is 7.05. The molecule has 0 N–H and O–H groups in total. The molecule has 2 heterocycles. The number of benzene rings is 1. The van der Waals surface area contributed by atoms with Crippen molar-refractivity contribution in [1.82, 2.24) is 9.88 Å². The molecular formula is C23H30N2. The van der Waals surface area contributed by atoms with Crippen molar-refractivity contribution in [3.8, 4) is 0 Å². The van der Waals surface area contributed by atoms with Gasteiger partial charge in [-0.3, -0.25) is 4.98 Å². The first-order chi connectivity index (χ1) is 11.7. The molecule has 132 valence electrons. The summed E-state index contributed by atoms with van der Waals surface area (Å²) in [6.45, 7) is 13.4. The van der Waals surface area contributed by atoms with Gasteiger partial charge in [0.05, 0.1) is 10.9 Å². The maximum absolute atomic E-state index is 4.70. The first kappa shape index (κ1) is 17.7. The van der Waals surface area contributed by atoms with Crippen LogP contribution >= 0.6 is 0 Å². The summed E-state index contributed by atoms with van der Waals surface area (Å²) >= 11 is 0. The second kappa shape index (κ2) is 6.33. The molecule has 0 saturated carbocycles. The van der Waals surface area contributed by atoms with Crippen molar-refractivity contribution in [1.29, 1.82) is 0 Å². The van der Waals surface area contributed by atoms with Gasteiger partial charge in [-0.1, -0.05) is 31.5 Å². The molecule has 1 aliphatic heterocycles. The maximum atomic E-state index is 4.70. The van der Waals surface area contributed by atoms with Crippen LogP contribution in [0.5, 0.6) is 0 Å². The average molecular weight is 335 g/mol. The standard InChI is InChI=1S/C23H30N2/c1-15(2)10-19-8-9-24-22-13-23(6,25(7)14-20(19)22)21-12-16(3)11-17(4)18(21)5/h8-9,11-15H,10H2,1-7H3. The van der Waals surface area contributed by atoms with Crippen LogP contribution < -0.4 is 10.6 Å². The van der Waals surface area contributed by atoms with E-state index in [1.54, 1.807) is 0 Å². The van der Waals surface area contributed by atoms with Crippen molar-refractivity contribution in [2.45, 2.75) is 53.5 Å². The fourth-order valence-electron chi connectivity index (χ4n) is 3.94. The molecule has 3 rings (SSSR count). The Hall–Kier alpha value is -2.09. The van der Waals surface area contributed by atoms with Crippen molar-refractivity contribution in [2.75, 3.05) is 7.05 Å². The molecule has 2 aromatic rings. The molecule has 1 aromatic heterocycles. The quantitative estimate of drug-likeness (QED) is 0.853. The second-order valence-electron chi connectivity index (χ2n) is 8.15. The Bertz CT molecular complexity index is 924. The summed E-state index contributed by atoms with van der Waals surface area (Å²) in [5.74, 6) is 0.639. The summed E-state index contributed by atoms with van der Waals surface area (Å²) < 4.78 is 0. The van der Waals surface area contributed by atoms with E-state index in [-0.39, 0.29) is 5.54 Å². The largest absolute Gasteiger partial charge is 0.367 e. The topological polar surface area (TPSA) is 16.1 Å². The van der Waals surface area contributed by atoms with E-state index in [1.807, 2.05) is 6.20 Å². The lowest BCUT2D eigenvalue weighted by Gasteiger charge is -2.40. The van der Waals surface area contributed by atoms with Crippen molar-refractivity contribution >= 4 is 12.3 Å². The molecule has 2 nitrogen and oxygen atoms in total. The highest BCUT2D eigenvalue weighted by Crippen LogP contribution is 2.34. The first-order valence-electron chi connectivity index (χ1n) is 9.22. The molecule has 0 aliphatic carbocycles. The Morgan fingerprint density at radius 1 is 1.16 bits per heavy atom. The van der Waals surface area contributed by atoms with Crippen LogP contribution in [0.2, 0.25) is 0 Å². The number of nitrogens with zero attached hydrogens (tertiary/aromatic N) is 2. The minimum atomic E-state index is -0.183. The Labute approximate surface area is 151 Å². The molecule has 2 heteroatoms. The SMILES string of the molecule is Cc1cc(C)c(C)c(C2(C)C=c3nccc(CC(C)C)c3=CN2C)c1. The van der Waals surface area contributed by atoms with Crippen LogP contribution in [0.4, 0.5) is 0 Å². The summed E-state index contributed by atoms with van der Waals surface area (Å²) in [6.07, 6.45) is 7.67. The van der Waals surface area contributed by atoms with E-state index in [2.05, 4.69) is 84.0 Å². The van der Waals surface area contributed by atoms with E-state index < -0.39 is 0 Å². The fraction of sp³-hybridized carbons (Fsp3) is 0.435. The molecule has 25 heavy (non-hydrogen) atoms.